The Balaban J connectivity index is 1.34. The SMILES string of the molecule is O=C(Nc1ccc(Cc2ccncc2)cc1)c1ccc2nc3ccccc3nc2c1. The summed E-state index contributed by atoms with van der Waals surface area (Å²) in [6.07, 6.45) is 4.41. The molecule has 1 N–H and O–H groups in total. The predicted molar refractivity (Wildman–Crippen MR) is 118 cm³/mol. The van der Waals surface area contributed by atoms with Crippen LogP contribution in [0.15, 0.2) is 91.3 Å². The second kappa shape index (κ2) is 7.72. The van der Waals surface area contributed by atoms with Crippen LogP contribution in [0.5, 0.6) is 0 Å². The zero-order valence-corrected chi connectivity index (χ0v) is 16.1. The number of para-hydroxylation sites is 2. The Labute approximate surface area is 173 Å². The van der Waals surface area contributed by atoms with E-state index in [1.54, 1.807) is 24.5 Å². The Kier molecular flexibility index (Phi) is 4.62. The second-order valence-electron chi connectivity index (χ2n) is 7.10. The van der Waals surface area contributed by atoms with Gasteiger partial charge in [-0.05, 0) is 72.1 Å². The molecule has 0 atom stereocenters. The van der Waals surface area contributed by atoms with Crippen LogP contribution in [0.2, 0.25) is 0 Å². The van der Waals surface area contributed by atoms with Crippen LogP contribution < -0.4 is 5.32 Å². The number of fused-ring (bicyclic) bond motifs is 2. The first kappa shape index (κ1) is 17.9. The van der Waals surface area contributed by atoms with Gasteiger partial charge in [-0.15, -0.1) is 0 Å². The van der Waals surface area contributed by atoms with Crippen molar-refractivity contribution in [3.8, 4) is 0 Å². The first-order valence-electron chi connectivity index (χ1n) is 9.70. The van der Waals surface area contributed by atoms with Gasteiger partial charge in [-0.25, -0.2) is 9.97 Å². The molecular formula is C25H18N4O. The monoisotopic (exact) mass is 390 g/mol. The van der Waals surface area contributed by atoms with E-state index in [9.17, 15) is 4.79 Å². The highest BCUT2D eigenvalue weighted by atomic mass is 16.1. The number of benzene rings is 3. The lowest BCUT2D eigenvalue weighted by atomic mass is 10.1. The van der Waals surface area contributed by atoms with Gasteiger partial charge in [-0.2, -0.15) is 0 Å². The minimum absolute atomic E-state index is 0.172. The normalized spacial score (nSPS) is 10.9. The molecule has 0 saturated carbocycles. The first-order chi connectivity index (χ1) is 14.7. The molecule has 0 aliphatic heterocycles. The van der Waals surface area contributed by atoms with Crippen molar-refractivity contribution in [1.29, 1.82) is 0 Å². The zero-order valence-electron chi connectivity index (χ0n) is 16.1. The molecule has 0 spiro atoms. The summed E-state index contributed by atoms with van der Waals surface area (Å²) in [7, 11) is 0. The molecule has 0 radical (unpaired) electrons. The van der Waals surface area contributed by atoms with Gasteiger partial charge in [0.1, 0.15) is 0 Å². The molecule has 2 aromatic heterocycles. The maximum atomic E-state index is 12.7. The molecule has 5 heteroatoms. The van der Waals surface area contributed by atoms with E-state index >= 15 is 0 Å². The Hall–Kier alpha value is -4.12. The Morgan fingerprint density at radius 2 is 1.33 bits per heavy atom. The highest BCUT2D eigenvalue weighted by Gasteiger charge is 2.09. The molecule has 144 valence electrons. The quantitative estimate of drug-likeness (QED) is 0.438. The number of hydrogen-bond donors (Lipinski definition) is 1. The number of carbonyl (C=O) groups is 1. The van der Waals surface area contributed by atoms with Crippen molar-refractivity contribution < 1.29 is 4.79 Å². The number of rotatable bonds is 4. The summed E-state index contributed by atoms with van der Waals surface area (Å²) in [5.41, 5.74) is 6.80. The highest BCUT2D eigenvalue weighted by molar-refractivity contribution is 6.06. The van der Waals surface area contributed by atoms with E-state index in [1.165, 1.54) is 11.1 Å². The predicted octanol–water partition coefficient (Wildman–Crippen LogP) is 5.02. The van der Waals surface area contributed by atoms with Crippen LogP contribution >= 0.6 is 0 Å². The molecule has 1 amide bonds. The van der Waals surface area contributed by atoms with Crippen molar-refractivity contribution in [2.24, 2.45) is 0 Å². The maximum absolute atomic E-state index is 12.7. The van der Waals surface area contributed by atoms with Crippen molar-refractivity contribution in [1.82, 2.24) is 15.0 Å². The molecular weight excluding hydrogens is 372 g/mol. The Morgan fingerprint density at radius 3 is 2.07 bits per heavy atom. The first-order valence-corrected chi connectivity index (χ1v) is 9.70. The summed E-state index contributed by atoms with van der Waals surface area (Å²) in [5, 5.41) is 2.95. The van der Waals surface area contributed by atoms with E-state index in [0.717, 1.165) is 28.7 Å². The summed E-state index contributed by atoms with van der Waals surface area (Å²) in [6, 6.07) is 25.0. The lowest BCUT2D eigenvalue weighted by Gasteiger charge is -2.08. The van der Waals surface area contributed by atoms with Gasteiger partial charge in [-0.3, -0.25) is 9.78 Å². The molecule has 0 bridgehead atoms. The van der Waals surface area contributed by atoms with Crippen molar-refractivity contribution in [2.75, 3.05) is 5.32 Å². The van der Waals surface area contributed by atoms with Crippen LogP contribution in [-0.4, -0.2) is 20.9 Å². The highest BCUT2D eigenvalue weighted by Crippen LogP contribution is 2.19. The number of aromatic nitrogens is 3. The summed E-state index contributed by atoms with van der Waals surface area (Å²) in [6.45, 7) is 0. The Morgan fingerprint density at radius 1 is 0.700 bits per heavy atom. The Bertz CT molecular complexity index is 1350. The molecule has 0 aliphatic rings. The number of pyridine rings is 1. The molecule has 0 saturated heterocycles. The number of carbonyl (C=O) groups excluding carboxylic acids is 1. The largest absolute Gasteiger partial charge is 0.322 e. The van der Waals surface area contributed by atoms with Crippen molar-refractivity contribution >= 4 is 33.7 Å². The van der Waals surface area contributed by atoms with Gasteiger partial charge in [0.2, 0.25) is 0 Å². The van der Waals surface area contributed by atoms with Gasteiger partial charge in [0.05, 0.1) is 22.1 Å². The number of hydrogen-bond acceptors (Lipinski definition) is 4. The number of anilines is 1. The van der Waals surface area contributed by atoms with Crippen molar-refractivity contribution in [3.05, 3.63) is 108 Å². The third-order valence-electron chi connectivity index (χ3n) is 4.97. The van der Waals surface area contributed by atoms with E-state index in [-0.39, 0.29) is 5.91 Å². The molecule has 2 heterocycles. The topological polar surface area (TPSA) is 67.8 Å². The standard InChI is InChI=1S/C25H18N4O/c30-25(27-20-8-5-17(6-9-20)15-18-11-13-26-14-12-18)19-7-10-23-24(16-19)29-22-4-2-1-3-21(22)28-23/h1-14,16H,15H2,(H,27,30). The van der Waals surface area contributed by atoms with Crippen LogP contribution in [0.1, 0.15) is 21.5 Å². The smallest absolute Gasteiger partial charge is 0.255 e. The second-order valence-corrected chi connectivity index (χ2v) is 7.10. The lowest BCUT2D eigenvalue weighted by molar-refractivity contribution is 0.102. The van der Waals surface area contributed by atoms with Gasteiger partial charge >= 0.3 is 0 Å². The summed E-state index contributed by atoms with van der Waals surface area (Å²) >= 11 is 0. The summed E-state index contributed by atoms with van der Waals surface area (Å²) in [5.74, 6) is -0.172. The van der Waals surface area contributed by atoms with Crippen LogP contribution in [0.25, 0.3) is 22.1 Å². The third kappa shape index (κ3) is 3.73. The van der Waals surface area contributed by atoms with E-state index in [4.69, 9.17) is 0 Å². The molecule has 5 rings (SSSR count). The van der Waals surface area contributed by atoms with Crippen molar-refractivity contribution in [3.63, 3.8) is 0 Å². The lowest BCUT2D eigenvalue weighted by Crippen LogP contribution is -2.12. The fourth-order valence-electron chi connectivity index (χ4n) is 3.41. The zero-order chi connectivity index (χ0) is 20.3. The minimum atomic E-state index is -0.172. The van der Waals surface area contributed by atoms with E-state index in [1.807, 2.05) is 66.7 Å². The van der Waals surface area contributed by atoms with Gasteiger partial charge in [-0.1, -0.05) is 24.3 Å². The van der Waals surface area contributed by atoms with Gasteiger partial charge < -0.3 is 5.32 Å². The molecule has 0 aliphatic carbocycles. The fourth-order valence-corrected chi connectivity index (χ4v) is 3.41. The van der Waals surface area contributed by atoms with Crippen molar-refractivity contribution in [2.45, 2.75) is 6.42 Å². The average Bonchev–Trinajstić information content (AvgIpc) is 2.79. The number of nitrogens with one attached hydrogen (secondary N) is 1. The summed E-state index contributed by atoms with van der Waals surface area (Å²) in [4.78, 5) is 26.0. The van der Waals surface area contributed by atoms with Gasteiger partial charge in [0.25, 0.3) is 5.91 Å². The van der Waals surface area contributed by atoms with Crippen LogP contribution in [0.3, 0.4) is 0 Å². The summed E-state index contributed by atoms with van der Waals surface area (Å²) < 4.78 is 0. The number of amides is 1. The molecule has 0 fully saturated rings. The van der Waals surface area contributed by atoms with Crippen LogP contribution in [0.4, 0.5) is 5.69 Å². The maximum Gasteiger partial charge on any atom is 0.255 e. The molecule has 3 aromatic carbocycles. The van der Waals surface area contributed by atoms with E-state index in [2.05, 4.69) is 20.3 Å². The van der Waals surface area contributed by atoms with Crippen LogP contribution in [-0.2, 0) is 6.42 Å². The fraction of sp³-hybridized carbons (Fsp3) is 0.0400. The minimum Gasteiger partial charge on any atom is -0.322 e. The molecule has 0 unspecified atom stereocenters. The average molecular weight is 390 g/mol. The van der Waals surface area contributed by atoms with Gasteiger partial charge in [0, 0.05) is 23.6 Å². The third-order valence-corrected chi connectivity index (χ3v) is 4.97. The van der Waals surface area contributed by atoms with Gasteiger partial charge in [0.15, 0.2) is 0 Å². The molecule has 5 nitrogen and oxygen atoms in total. The van der Waals surface area contributed by atoms with E-state index < -0.39 is 0 Å². The van der Waals surface area contributed by atoms with E-state index in [0.29, 0.717) is 11.1 Å². The number of nitrogens with zero attached hydrogens (tertiary/aromatic N) is 3. The van der Waals surface area contributed by atoms with Crippen LogP contribution in [0, 0.1) is 0 Å². The molecule has 30 heavy (non-hydrogen) atoms. The molecule has 5 aromatic rings.